The fourth-order valence-electron chi connectivity index (χ4n) is 1.62. The summed E-state index contributed by atoms with van der Waals surface area (Å²) >= 11 is 6.03. The molecule has 18 heavy (non-hydrogen) atoms. The van der Waals surface area contributed by atoms with Gasteiger partial charge < -0.3 is 4.74 Å². The Labute approximate surface area is 112 Å². The van der Waals surface area contributed by atoms with Crippen LogP contribution in [0.1, 0.15) is 26.3 Å². The molecular formula is C13H19ClN2O2. The van der Waals surface area contributed by atoms with Crippen LogP contribution in [0.15, 0.2) is 18.2 Å². The summed E-state index contributed by atoms with van der Waals surface area (Å²) in [6, 6.07) is 5.37. The highest BCUT2D eigenvalue weighted by Crippen LogP contribution is 2.24. The average molecular weight is 271 g/mol. The van der Waals surface area contributed by atoms with Crippen molar-refractivity contribution in [3.8, 4) is 5.75 Å². The number of aryl methyl sites for hydroxylation is 1. The second-order valence-corrected chi connectivity index (χ2v) is 4.81. The van der Waals surface area contributed by atoms with Gasteiger partial charge in [-0.2, -0.15) is 0 Å². The quantitative estimate of drug-likeness (QED) is 0.490. The van der Waals surface area contributed by atoms with E-state index in [0.717, 1.165) is 12.0 Å². The van der Waals surface area contributed by atoms with E-state index in [1.54, 1.807) is 12.1 Å². The van der Waals surface area contributed by atoms with Crippen molar-refractivity contribution in [2.24, 2.45) is 11.8 Å². The molecule has 0 spiro atoms. The molecule has 1 atom stereocenters. The van der Waals surface area contributed by atoms with E-state index in [9.17, 15) is 4.79 Å². The number of carbonyl (C=O) groups excluding carboxylic acids is 1. The Morgan fingerprint density at radius 2 is 2.17 bits per heavy atom. The molecule has 1 unspecified atom stereocenters. The summed E-state index contributed by atoms with van der Waals surface area (Å²) in [7, 11) is 0. The number of nitrogens with one attached hydrogen (secondary N) is 1. The largest absolute Gasteiger partial charge is 0.480 e. The van der Waals surface area contributed by atoms with Crippen LogP contribution >= 0.6 is 11.6 Å². The first kappa shape index (κ1) is 14.8. The molecule has 0 saturated carbocycles. The second-order valence-electron chi connectivity index (χ2n) is 4.40. The zero-order valence-electron chi connectivity index (χ0n) is 10.9. The van der Waals surface area contributed by atoms with Gasteiger partial charge in [0, 0.05) is 5.02 Å². The van der Waals surface area contributed by atoms with Gasteiger partial charge in [-0.1, -0.05) is 32.4 Å². The summed E-state index contributed by atoms with van der Waals surface area (Å²) in [5.41, 5.74) is 3.11. The van der Waals surface area contributed by atoms with Crippen molar-refractivity contribution in [2.45, 2.75) is 33.3 Å². The van der Waals surface area contributed by atoms with E-state index < -0.39 is 6.10 Å². The Morgan fingerprint density at radius 3 is 2.67 bits per heavy atom. The number of hydrazine groups is 1. The molecule has 1 aromatic carbocycles. The van der Waals surface area contributed by atoms with Crippen LogP contribution in [0.5, 0.6) is 5.75 Å². The summed E-state index contributed by atoms with van der Waals surface area (Å²) in [6.07, 6.45) is 0.201. The van der Waals surface area contributed by atoms with Crippen LogP contribution in [-0.2, 0) is 11.2 Å². The summed E-state index contributed by atoms with van der Waals surface area (Å²) in [6.45, 7) is 5.81. The van der Waals surface area contributed by atoms with E-state index in [4.69, 9.17) is 22.2 Å². The minimum Gasteiger partial charge on any atom is -0.480 e. The van der Waals surface area contributed by atoms with Gasteiger partial charge in [-0.15, -0.1) is 0 Å². The maximum absolute atomic E-state index is 11.6. The Kier molecular flexibility index (Phi) is 5.44. The van der Waals surface area contributed by atoms with Gasteiger partial charge >= 0.3 is 0 Å². The molecule has 0 aliphatic carbocycles. The Morgan fingerprint density at radius 1 is 1.50 bits per heavy atom. The standard InChI is InChI=1S/C13H19ClN2O2/c1-4-9-7-10(5-6-11(9)14)18-12(8(2)3)13(17)16-15/h5-8,12H,4,15H2,1-3H3,(H,16,17). The number of amides is 1. The lowest BCUT2D eigenvalue weighted by Crippen LogP contribution is -2.44. The lowest BCUT2D eigenvalue weighted by molar-refractivity contribution is -0.129. The summed E-state index contributed by atoms with van der Waals surface area (Å²) in [5.74, 6) is 5.45. The van der Waals surface area contributed by atoms with Gasteiger partial charge in [0.05, 0.1) is 0 Å². The molecule has 0 aliphatic rings. The fraction of sp³-hybridized carbons (Fsp3) is 0.462. The normalized spacial score (nSPS) is 12.3. The smallest absolute Gasteiger partial charge is 0.275 e. The van der Waals surface area contributed by atoms with E-state index in [0.29, 0.717) is 10.8 Å². The minimum absolute atomic E-state index is 0.0225. The average Bonchev–Trinajstić information content (AvgIpc) is 2.36. The van der Waals surface area contributed by atoms with Crippen molar-refractivity contribution >= 4 is 17.5 Å². The predicted molar refractivity (Wildman–Crippen MR) is 72.4 cm³/mol. The molecule has 0 aliphatic heterocycles. The summed E-state index contributed by atoms with van der Waals surface area (Å²) < 4.78 is 5.68. The third-order valence-corrected chi connectivity index (χ3v) is 3.04. The molecular weight excluding hydrogens is 252 g/mol. The zero-order valence-corrected chi connectivity index (χ0v) is 11.6. The Bertz CT molecular complexity index is 421. The molecule has 0 radical (unpaired) electrons. The van der Waals surface area contributed by atoms with E-state index in [-0.39, 0.29) is 11.8 Å². The van der Waals surface area contributed by atoms with Crippen molar-refractivity contribution in [3.63, 3.8) is 0 Å². The third kappa shape index (κ3) is 3.62. The molecule has 0 heterocycles. The maximum Gasteiger partial charge on any atom is 0.275 e. The predicted octanol–water partition coefficient (Wildman–Crippen LogP) is 2.30. The molecule has 0 aromatic heterocycles. The van der Waals surface area contributed by atoms with E-state index >= 15 is 0 Å². The number of ether oxygens (including phenoxy) is 1. The summed E-state index contributed by atoms with van der Waals surface area (Å²) in [5, 5.41) is 0.703. The molecule has 0 saturated heterocycles. The van der Waals surface area contributed by atoms with Gasteiger partial charge in [-0.05, 0) is 36.1 Å². The van der Waals surface area contributed by atoms with E-state index in [1.165, 1.54) is 0 Å². The van der Waals surface area contributed by atoms with Gasteiger partial charge in [0.15, 0.2) is 6.10 Å². The number of carbonyl (C=O) groups is 1. The zero-order chi connectivity index (χ0) is 13.7. The number of halogens is 1. The van der Waals surface area contributed by atoms with Gasteiger partial charge in [0.1, 0.15) is 5.75 Å². The number of rotatable bonds is 5. The number of hydrogen-bond donors (Lipinski definition) is 2. The molecule has 100 valence electrons. The fourth-order valence-corrected chi connectivity index (χ4v) is 1.87. The van der Waals surface area contributed by atoms with Crippen LogP contribution in [0.2, 0.25) is 5.02 Å². The molecule has 1 rings (SSSR count). The van der Waals surface area contributed by atoms with Gasteiger partial charge in [0.25, 0.3) is 5.91 Å². The highest BCUT2D eigenvalue weighted by atomic mass is 35.5. The first-order valence-corrected chi connectivity index (χ1v) is 6.32. The SMILES string of the molecule is CCc1cc(OC(C(=O)NN)C(C)C)ccc1Cl. The molecule has 4 nitrogen and oxygen atoms in total. The summed E-state index contributed by atoms with van der Waals surface area (Å²) in [4.78, 5) is 11.6. The molecule has 0 bridgehead atoms. The van der Waals surface area contributed by atoms with E-state index in [2.05, 4.69) is 5.43 Å². The van der Waals surface area contributed by atoms with Crippen molar-refractivity contribution in [1.29, 1.82) is 0 Å². The van der Waals surface area contributed by atoms with Crippen LogP contribution in [0.4, 0.5) is 0 Å². The van der Waals surface area contributed by atoms with Crippen molar-refractivity contribution in [2.75, 3.05) is 0 Å². The molecule has 3 N–H and O–H groups in total. The van der Waals surface area contributed by atoms with Gasteiger partial charge in [-0.3, -0.25) is 10.2 Å². The van der Waals surface area contributed by atoms with Crippen molar-refractivity contribution in [1.82, 2.24) is 5.43 Å². The molecule has 1 aromatic rings. The highest BCUT2D eigenvalue weighted by Gasteiger charge is 2.23. The minimum atomic E-state index is -0.610. The highest BCUT2D eigenvalue weighted by molar-refractivity contribution is 6.31. The Hall–Kier alpha value is -1.26. The lowest BCUT2D eigenvalue weighted by atomic mass is 10.1. The second kappa shape index (κ2) is 6.61. The van der Waals surface area contributed by atoms with Crippen molar-refractivity contribution < 1.29 is 9.53 Å². The topological polar surface area (TPSA) is 64.3 Å². The first-order chi connectivity index (χ1) is 8.49. The molecule has 5 heteroatoms. The number of benzene rings is 1. The third-order valence-electron chi connectivity index (χ3n) is 2.67. The monoisotopic (exact) mass is 270 g/mol. The van der Waals surface area contributed by atoms with Gasteiger partial charge in [-0.25, -0.2) is 5.84 Å². The lowest BCUT2D eigenvalue weighted by Gasteiger charge is -2.21. The van der Waals surface area contributed by atoms with Crippen molar-refractivity contribution in [3.05, 3.63) is 28.8 Å². The Balaban J connectivity index is 2.90. The number of hydrogen-bond acceptors (Lipinski definition) is 3. The van der Waals surface area contributed by atoms with Crippen LogP contribution in [-0.4, -0.2) is 12.0 Å². The van der Waals surface area contributed by atoms with E-state index in [1.807, 2.05) is 26.8 Å². The molecule has 0 fully saturated rings. The number of nitrogens with two attached hydrogens (primary N) is 1. The molecule has 1 amide bonds. The van der Waals surface area contributed by atoms with Crippen LogP contribution in [0, 0.1) is 5.92 Å². The van der Waals surface area contributed by atoms with Gasteiger partial charge in [0.2, 0.25) is 0 Å². The maximum atomic E-state index is 11.6. The first-order valence-electron chi connectivity index (χ1n) is 5.95. The van der Waals surface area contributed by atoms with Crippen LogP contribution < -0.4 is 16.0 Å². The van der Waals surface area contributed by atoms with Crippen LogP contribution in [0.25, 0.3) is 0 Å². The van der Waals surface area contributed by atoms with Crippen LogP contribution in [0.3, 0.4) is 0 Å².